The first kappa shape index (κ1) is 12.7. The number of nitrogens with one attached hydrogen (secondary N) is 1. The number of aromatic nitrogens is 1. The van der Waals surface area contributed by atoms with Crippen molar-refractivity contribution in [3.63, 3.8) is 0 Å². The normalized spacial score (nSPS) is 10.1. The lowest BCUT2D eigenvalue weighted by Gasteiger charge is -2.05. The Morgan fingerprint density at radius 1 is 1.62 bits per heavy atom. The zero-order valence-electron chi connectivity index (χ0n) is 8.77. The zero-order chi connectivity index (χ0) is 12.0. The number of hydrogen-bond acceptors (Lipinski definition) is 5. The number of rotatable bonds is 6. The third kappa shape index (κ3) is 4.00. The van der Waals surface area contributed by atoms with Crippen molar-refractivity contribution in [1.29, 1.82) is 0 Å². The first-order chi connectivity index (χ1) is 7.63. The molecule has 0 bridgehead atoms. The van der Waals surface area contributed by atoms with E-state index in [2.05, 4.69) is 10.3 Å². The summed E-state index contributed by atoms with van der Waals surface area (Å²) in [6.45, 7) is 3.56. The van der Waals surface area contributed by atoms with E-state index in [0.717, 1.165) is 0 Å². The summed E-state index contributed by atoms with van der Waals surface area (Å²) < 4.78 is 5.11. The van der Waals surface area contributed by atoms with Crippen LogP contribution >= 0.6 is 11.6 Å². The number of nitro groups is 1. The predicted octanol–water partition coefficient (Wildman–Crippen LogP) is 2.09. The van der Waals surface area contributed by atoms with Crippen molar-refractivity contribution >= 4 is 23.1 Å². The number of nitrogens with zero attached hydrogens (tertiary/aromatic N) is 2. The summed E-state index contributed by atoms with van der Waals surface area (Å²) in [5.74, 6) is 0.374. The number of anilines is 1. The molecule has 1 aromatic heterocycles. The Kier molecular flexibility index (Phi) is 4.94. The molecule has 0 aliphatic carbocycles. The van der Waals surface area contributed by atoms with Crippen molar-refractivity contribution in [1.82, 2.24) is 4.98 Å². The van der Waals surface area contributed by atoms with Crippen LogP contribution in [0.2, 0.25) is 5.15 Å². The lowest BCUT2D eigenvalue weighted by atomic mass is 10.4. The average molecular weight is 246 g/mol. The number of halogens is 1. The van der Waals surface area contributed by atoms with E-state index < -0.39 is 4.92 Å². The Morgan fingerprint density at radius 3 is 3.00 bits per heavy atom. The molecule has 0 atom stereocenters. The summed E-state index contributed by atoms with van der Waals surface area (Å²) in [4.78, 5) is 13.9. The van der Waals surface area contributed by atoms with Gasteiger partial charge in [-0.1, -0.05) is 11.6 Å². The molecule has 0 aliphatic rings. The molecule has 1 heterocycles. The van der Waals surface area contributed by atoms with Crippen molar-refractivity contribution < 1.29 is 9.66 Å². The summed E-state index contributed by atoms with van der Waals surface area (Å²) >= 11 is 5.65. The minimum atomic E-state index is -0.513. The van der Waals surface area contributed by atoms with Gasteiger partial charge in [-0.3, -0.25) is 10.1 Å². The minimum absolute atomic E-state index is 0.0843. The molecule has 0 aromatic carbocycles. The number of pyridine rings is 1. The summed E-state index contributed by atoms with van der Waals surface area (Å²) in [6, 6.07) is 2.53. The maximum Gasteiger partial charge on any atom is 0.276 e. The van der Waals surface area contributed by atoms with Gasteiger partial charge < -0.3 is 10.1 Å². The molecule has 1 aromatic rings. The molecule has 1 rings (SSSR count). The van der Waals surface area contributed by atoms with Crippen LogP contribution in [0.5, 0.6) is 0 Å². The fourth-order valence-electron chi connectivity index (χ4n) is 1.07. The van der Waals surface area contributed by atoms with Crippen molar-refractivity contribution in [3.8, 4) is 0 Å². The first-order valence-corrected chi connectivity index (χ1v) is 5.15. The van der Waals surface area contributed by atoms with Gasteiger partial charge in [0.15, 0.2) is 0 Å². The van der Waals surface area contributed by atoms with E-state index in [-0.39, 0.29) is 10.8 Å². The molecule has 88 valence electrons. The summed E-state index contributed by atoms with van der Waals surface area (Å²) in [5.41, 5.74) is -0.0843. The molecule has 0 saturated carbocycles. The van der Waals surface area contributed by atoms with Gasteiger partial charge in [-0.15, -0.1) is 0 Å². The second-order valence-corrected chi connectivity index (χ2v) is 3.30. The highest BCUT2D eigenvalue weighted by Gasteiger charge is 2.09. The van der Waals surface area contributed by atoms with Crippen molar-refractivity contribution in [3.05, 3.63) is 27.4 Å². The standard InChI is InChI=1S/C9H12ClN3O3/c1-2-16-4-3-11-9-6-7(13(14)15)5-8(10)12-9/h5-6H,2-4H2,1H3,(H,11,12). The van der Waals surface area contributed by atoms with E-state index >= 15 is 0 Å². The smallest absolute Gasteiger partial charge is 0.276 e. The largest absolute Gasteiger partial charge is 0.380 e. The van der Waals surface area contributed by atoms with E-state index in [1.807, 2.05) is 6.92 Å². The Morgan fingerprint density at radius 2 is 2.38 bits per heavy atom. The van der Waals surface area contributed by atoms with Gasteiger partial charge in [-0.05, 0) is 6.92 Å². The maximum absolute atomic E-state index is 10.5. The summed E-state index contributed by atoms with van der Waals surface area (Å²) in [6.07, 6.45) is 0. The molecule has 0 unspecified atom stereocenters. The molecule has 0 fully saturated rings. The topological polar surface area (TPSA) is 77.3 Å². The molecule has 16 heavy (non-hydrogen) atoms. The second-order valence-electron chi connectivity index (χ2n) is 2.91. The predicted molar refractivity (Wildman–Crippen MR) is 60.9 cm³/mol. The van der Waals surface area contributed by atoms with Gasteiger partial charge in [0, 0.05) is 13.2 Å². The highest BCUT2D eigenvalue weighted by Crippen LogP contribution is 2.20. The lowest BCUT2D eigenvalue weighted by Crippen LogP contribution is -2.10. The Balaban J connectivity index is 2.62. The Hall–Kier alpha value is -1.40. The van der Waals surface area contributed by atoms with E-state index in [1.54, 1.807) is 0 Å². The highest BCUT2D eigenvalue weighted by atomic mass is 35.5. The van der Waals surface area contributed by atoms with Crippen LogP contribution in [0.15, 0.2) is 12.1 Å². The molecule has 0 aliphatic heterocycles. The summed E-state index contributed by atoms with van der Waals surface area (Å²) in [5, 5.41) is 13.5. The van der Waals surface area contributed by atoms with Gasteiger partial charge in [0.2, 0.25) is 0 Å². The van der Waals surface area contributed by atoms with E-state index in [4.69, 9.17) is 16.3 Å². The zero-order valence-corrected chi connectivity index (χ0v) is 9.53. The molecule has 1 N–H and O–H groups in total. The van der Waals surface area contributed by atoms with Crippen LogP contribution in [0.4, 0.5) is 11.5 Å². The maximum atomic E-state index is 10.5. The van der Waals surface area contributed by atoms with Crippen LogP contribution in [0.3, 0.4) is 0 Å². The van der Waals surface area contributed by atoms with Crippen LogP contribution in [0, 0.1) is 10.1 Å². The molecule has 0 amide bonds. The SMILES string of the molecule is CCOCCNc1cc([N+](=O)[O-])cc(Cl)n1. The average Bonchev–Trinajstić information content (AvgIpc) is 2.23. The molecule has 6 nitrogen and oxygen atoms in total. The van der Waals surface area contributed by atoms with Gasteiger partial charge in [-0.25, -0.2) is 4.98 Å². The fraction of sp³-hybridized carbons (Fsp3) is 0.444. The van der Waals surface area contributed by atoms with Gasteiger partial charge >= 0.3 is 0 Å². The van der Waals surface area contributed by atoms with Gasteiger partial charge in [0.25, 0.3) is 5.69 Å². The number of ether oxygens (including phenoxy) is 1. The second kappa shape index (κ2) is 6.24. The van der Waals surface area contributed by atoms with Gasteiger partial charge in [0.1, 0.15) is 11.0 Å². The lowest BCUT2D eigenvalue weighted by molar-refractivity contribution is -0.384. The van der Waals surface area contributed by atoms with Crippen LogP contribution in [0.1, 0.15) is 6.92 Å². The van der Waals surface area contributed by atoms with Crippen molar-refractivity contribution in [2.45, 2.75) is 6.92 Å². The van der Waals surface area contributed by atoms with Crippen LogP contribution < -0.4 is 5.32 Å². The van der Waals surface area contributed by atoms with E-state index in [0.29, 0.717) is 25.6 Å². The van der Waals surface area contributed by atoms with Crippen LogP contribution in [0.25, 0.3) is 0 Å². The van der Waals surface area contributed by atoms with Crippen LogP contribution in [-0.2, 0) is 4.74 Å². The van der Waals surface area contributed by atoms with Crippen molar-refractivity contribution in [2.75, 3.05) is 25.1 Å². The highest BCUT2D eigenvalue weighted by molar-refractivity contribution is 6.29. The summed E-state index contributed by atoms with van der Waals surface area (Å²) in [7, 11) is 0. The van der Waals surface area contributed by atoms with Gasteiger partial charge in [-0.2, -0.15) is 0 Å². The molecule has 0 saturated heterocycles. The Bertz CT molecular complexity index is 373. The minimum Gasteiger partial charge on any atom is -0.380 e. The Labute approximate surface area is 97.7 Å². The monoisotopic (exact) mass is 245 g/mol. The molecule has 0 radical (unpaired) electrons. The quantitative estimate of drug-likeness (QED) is 0.359. The third-order valence-electron chi connectivity index (χ3n) is 1.75. The van der Waals surface area contributed by atoms with Crippen molar-refractivity contribution in [2.24, 2.45) is 0 Å². The molecule has 0 spiro atoms. The van der Waals surface area contributed by atoms with Crippen LogP contribution in [-0.4, -0.2) is 29.7 Å². The third-order valence-corrected chi connectivity index (χ3v) is 1.94. The van der Waals surface area contributed by atoms with Gasteiger partial charge in [0.05, 0.1) is 23.7 Å². The first-order valence-electron chi connectivity index (χ1n) is 4.77. The molecular weight excluding hydrogens is 234 g/mol. The number of hydrogen-bond donors (Lipinski definition) is 1. The molecular formula is C9H12ClN3O3. The van der Waals surface area contributed by atoms with E-state index in [9.17, 15) is 10.1 Å². The van der Waals surface area contributed by atoms with E-state index in [1.165, 1.54) is 12.1 Å². The fourth-order valence-corrected chi connectivity index (χ4v) is 1.28. The molecule has 7 heteroatoms.